The molecule has 4 N–H and O–H groups in total. The van der Waals surface area contributed by atoms with Crippen LogP contribution in [-0.2, 0) is 0 Å². The topological polar surface area (TPSA) is 94.1 Å². The number of guanidine groups is 1. The van der Waals surface area contributed by atoms with Gasteiger partial charge in [-0.05, 0) is 6.92 Å². The molecule has 0 aliphatic carbocycles. The molecular weight excluding hydrogens is 248 g/mol. The molecule has 84 valence electrons. The van der Waals surface area contributed by atoms with Gasteiger partial charge in [-0.25, -0.2) is 4.98 Å². The lowest BCUT2D eigenvalue weighted by Crippen LogP contribution is -2.21. The molecule has 0 atom stereocenters. The second-order valence-electron chi connectivity index (χ2n) is 3.05. The molecule has 8 heteroatoms. The number of imidazole rings is 1. The van der Waals surface area contributed by atoms with Gasteiger partial charge < -0.3 is 11.5 Å². The first-order valence-corrected chi connectivity index (χ1v) is 5.59. The third kappa shape index (κ3) is 1.86. The molecule has 16 heavy (non-hydrogen) atoms. The van der Waals surface area contributed by atoms with Gasteiger partial charge in [-0.1, -0.05) is 11.6 Å². The molecule has 2 aromatic heterocycles. The van der Waals surface area contributed by atoms with Crippen LogP contribution < -0.4 is 11.5 Å². The van der Waals surface area contributed by atoms with Gasteiger partial charge in [-0.3, -0.25) is 4.40 Å². The van der Waals surface area contributed by atoms with Crippen LogP contribution in [0, 0.1) is 6.92 Å². The highest BCUT2D eigenvalue weighted by molar-refractivity contribution is 7.15. The Morgan fingerprint density at radius 1 is 1.62 bits per heavy atom. The molecule has 0 spiro atoms. The molecule has 6 nitrogen and oxygen atoms in total. The predicted molar refractivity (Wildman–Crippen MR) is 66.2 cm³/mol. The summed E-state index contributed by atoms with van der Waals surface area (Å²) < 4.78 is 1.89. The predicted octanol–water partition coefficient (Wildman–Crippen LogP) is 0.965. The molecule has 0 amide bonds. The van der Waals surface area contributed by atoms with Gasteiger partial charge in [0.05, 0.1) is 6.21 Å². The van der Waals surface area contributed by atoms with Gasteiger partial charge in [0.15, 0.2) is 10.1 Å². The van der Waals surface area contributed by atoms with E-state index in [-0.39, 0.29) is 5.96 Å². The molecular formula is C8H9ClN6S. The zero-order valence-electron chi connectivity index (χ0n) is 8.38. The quantitative estimate of drug-likeness (QED) is 0.476. The van der Waals surface area contributed by atoms with Crippen molar-refractivity contribution >= 4 is 40.1 Å². The van der Waals surface area contributed by atoms with Crippen LogP contribution in [0.25, 0.3) is 4.96 Å². The second-order valence-corrected chi connectivity index (χ2v) is 4.25. The zero-order valence-corrected chi connectivity index (χ0v) is 9.96. The number of aromatic nitrogens is 2. The van der Waals surface area contributed by atoms with E-state index in [0.29, 0.717) is 10.8 Å². The lowest BCUT2D eigenvalue weighted by molar-refractivity contribution is 1.11. The molecule has 2 rings (SSSR count). The van der Waals surface area contributed by atoms with Crippen molar-refractivity contribution in [1.29, 1.82) is 0 Å². The molecule has 0 bridgehead atoms. The van der Waals surface area contributed by atoms with E-state index >= 15 is 0 Å². The highest BCUT2D eigenvalue weighted by Crippen LogP contribution is 2.22. The number of hydrogen-bond acceptors (Lipinski definition) is 4. The third-order valence-corrected chi connectivity index (χ3v) is 3.10. The average Bonchev–Trinajstić information content (AvgIpc) is 2.69. The number of rotatable bonds is 2. The summed E-state index contributed by atoms with van der Waals surface area (Å²) in [5.74, 6) is -0.102. The van der Waals surface area contributed by atoms with E-state index in [9.17, 15) is 0 Å². The number of thiazole rings is 1. The van der Waals surface area contributed by atoms with Gasteiger partial charge in [0.25, 0.3) is 0 Å². The van der Waals surface area contributed by atoms with Crippen LogP contribution in [0.3, 0.4) is 0 Å². The van der Waals surface area contributed by atoms with Crippen LogP contribution in [0.4, 0.5) is 0 Å². The number of aryl methyl sites for hydroxylation is 1. The largest absolute Gasteiger partial charge is 0.369 e. The van der Waals surface area contributed by atoms with E-state index in [1.54, 1.807) is 0 Å². The first kappa shape index (κ1) is 10.9. The number of hydrogen-bond donors (Lipinski definition) is 2. The Kier molecular flexibility index (Phi) is 2.80. The Bertz CT molecular complexity index is 577. The minimum atomic E-state index is -0.102. The van der Waals surface area contributed by atoms with Crippen LogP contribution in [0.1, 0.15) is 11.4 Å². The van der Waals surface area contributed by atoms with Gasteiger partial charge in [-0.15, -0.1) is 16.4 Å². The maximum Gasteiger partial charge on any atom is 0.211 e. The Hall–Kier alpha value is -1.60. The first-order chi connectivity index (χ1) is 7.59. The summed E-state index contributed by atoms with van der Waals surface area (Å²) in [7, 11) is 0. The minimum absolute atomic E-state index is 0.102. The van der Waals surface area contributed by atoms with Crippen molar-refractivity contribution in [1.82, 2.24) is 9.38 Å². The summed E-state index contributed by atoms with van der Waals surface area (Å²) in [6, 6.07) is 0. The Balaban J connectivity index is 2.50. The molecule has 0 aliphatic rings. The zero-order chi connectivity index (χ0) is 11.7. The van der Waals surface area contributed by atoms with Crippen LogP contribution in [0.2, 0.25) is 5.15 Å². The fraction of sp³-hybridized carbons (Fsp3) is 0.125. The molecule has 2 aromatic rings. The van der Waals surface area contributed by atoms with E-state index in [1.165, 1.54) is 17.6 Å². The van der Waals surface area contributed by atoms with Crippen molar-refractivity contribution in [2.75, 3.05) is 0 Å². The van der Waals surface area contributed by atoms with Gasteiger partial charge in [0, 0.05) is 11.1 Å². The van der Waals surface area contributed by atoms with E-state index in [0.717, 1.165) is 10.7 Å². The van der Waals surface area contributed by atoms with Crippen LogP contribution >= 0.6 is 22.9 Å². The third-order valence-electron chi connectivity index (χ3n) is 1.88. The molecule has 0 unspecified atom stereocenters. The summed E-state index contributed by atoms with van der Waals surface area (Å²) in [5.41, 5.74) is 12.0. The highest BCUT2D eigenvalue weighted by Gasteiger charge is 2.11. The van der Waals surface area contributed by atoms with Crippen LogP contribution in [-0.4, -0.2) is 21.6 Å². The van der Waals surface area contributed by atoms with E-state index < -0.39 is 0 Å². The standard InChI is InChI=1S/C8H9ClN6S/c1-4-3-16-8-13-6(9)5(15(4)8)2-12-14-7(10)11/h2-3H,1H3,(H4,10,11,14)/b12-2-. The van der Waals surface area contributed by atoms with Gasteiger partial charge in [0.2, 0.25) is 5.96 Å². The van der Waals surface area contributed by atoms with Crippen molar-refractivity contribution < 1.29 is 0 Å². The normalized spacial score (nSPS) is 11.4. The maximum atomic E-state index is 5.97. The van der Waals surface area contributed by atoms with Gasteiger partial charge in [-0.2, -0.15) is 5.10 Å². The lowest BCUT2D eigenvalue weighted by atomic mass is 10.5. The SMILES string of the molecule is Cc1csc2nc(Cl)c(/C=N\N=C(N)N)n12. The fourth-order valence-electron chi connectivity index (χ4n) is 1.26. The molecule has 0 radical (unpaired) electrons. The average molecular weight is 257 g/mol. The summed E-state index contributed by atoms with van der Waals surface area (Å²) in [4.78, 5) is 4.99. The number of nitrogens with two attached hydrogens (primary N) is 2. The van der Waals surface area contributed by atoms with E-state index in [2.05, 4.69) is 15.2 Å². The minimum Gasteiger partial charge on any atom is -0.369 e. The van der Waals surface area contributed by atoms with Crippen molar-refractivity contribution in [2.45, 2.75) is 6.92 Å². The van der Waals surface area contributed by atoms with Crippen LogP contribution in [0.5, 0.6) is 0 Å². The summed E-state index contributed by atoms with van der Waals surface area (Å²) in [6.07, 6.45) is 1.47. The lowest BCUT2D eigenvalue weighted by Gasteiger charge is -1.93. The first-order valence-electron chi connectivity index (χ1n) is 4.33. The molecule has 0 saturated heterocycles. The Labute approximate surface area is 100 Å². The monoisotopic (exact) mass is 256 g/mol. The Morgan fingerprint density at radius 2 is 2.38 bits per heavy atom. The molecule has 0 aromatic carbocycles. The summed E-state index contributed by atoms with van der Waals surface area (Å²) in [6.45, 7) is 1.96. The number of nitrogens with zero attached hydrogens (tertiary/aromatic N) is 4. The summed E-state index contributed by atoms with van der Waals surface area (Å²) >= 11 is 7.48. The molecule has 0 saturated carbocycles. The van der Waals surface area contributed by atoms with Gasteiger partial charge in [0.1, 0.15) is 5.69 Å². The number of fused-ring (bicyclic) bond motifs is 1. The maximum absolute atomic E-state index is 5.97. The molecule has 0 fully saturated rings. The second kappa shape index (κ2) is 4.11. The number of halogens is 1. The molecule has 0 aliphatic heterocycles. The van der Waals surface area contributed by atoms with Crippen molar-refractivity contribution in [3.63, 3.8) is 0 Å². The van der Waals surface area contributed by atoms with E-state index in [1.807, 2.05) is 16.7 Å². The van der Waals surface area contributed by atoms with Crippen molar-refractivity contribution in [3.05, 3.63) is 21.9 Å². The summed E-state index contributed by atoms with van der Waals surface area (Å²) in [5, 5.41) is 9.59. The fourth-order valence-corrected chi connectivity index (χ4v) is 2.39. The van der Waals surface area contributed by atoms with Crippen molar-refractivity contribution in [3.8, 4) is 0 Å². The smallest absolute Gasteiger partial charge is 0.211 e. The van der Waals surface area contributed by atoms with Crippen LogP contribution in [0.15, 0.2) is 15.6 Å². The highest BCUT2D eigenvalue weighted by atomic mass is 35.5. The Morgan fingerprint density at radius 3 is 3.06 bits per heavy atom. The van der Waals surface area contributed by atoms with E-state index in [4.69, 9.17) is 23.1 Å². The molecule has 2 heterocycles. The van der Waals surface area contributed by atoms with Crippen molar-refractivity contribution in [2.24, 2.45) is 21.7 Å². The van der Waals surface area contributed by atoms with Gasteiger partial charge >= 0.3 is 0 Å².